The Bertz CT molecular complexity index is 752. The van der Waals surface area contributed by atoms with Crippen LogP contribution in [0.25, 0.3) is 0 Å². The summed E-state index contributed by atoms with van der Waals surface area (Å²) in [4.78, 5) is 4.63. The molecule has 2 N–H and O–H groups in total. The van der Waals surface area contributed by atoms with Crippen LogP contribution < -0.4 is 15.4 Å². The van der Waals surface area contributed by atoms with Crippen LogP contribution in [0.3, 0.4) is 0 Å². The molecule has 3 rings (SSSR count). The van der Waals surface area contributed by atoms with Gasteiger partial charge in [-0.25, -0.2) is 4.99 Å². The molecule has 0 spiro atoms. The molecule has 2 heterocycles. The van der Waals surface area contributed by atoms with Gasteiger partial charge in [0.05, 0.1) is 19.4 Å². The van der Waals surface area contributed by atoms with E-state index in [1.807, 2.05) is 31.2 Å². The summed E-state index contributed by atoms with van der Waals surface area (Å²) in [5.41, 5.74) is 2.28. The number of hydrogen-bond donors (Lipinski definition) is 2. The fourth-order valence-electron chi connectivity index (χ4n) is 3.04. The number of ether oxygens (including phenoxy) is 1. The number of aliphatic imine (C=N–C) groups is 1. The van der Waals surface area contributed by atoms with Crippen molar-refractivity contribution in [3.8, 4) is 5.75 Å². The van der Waals surface area contributed by atoms with Crippen LogP contribution in [0.2, 0.25) is 0 Å². The molecule has 1 aromatic carbocycles. The Morgan fingerprint density at radius 2 is 2.15 bits per heavy atom. The van der Waals surface area contributed by atoms with Crippen molar-refractivity contribution in [2.24, 2.45) is 4.99 Å². The van der Waals surface area contributed by atoms with Crippen LogP contribution in [0.5, 0.6) is 5.75 Å². The quantitative estimate of drug-likeness (QED) is 0.454. The van der Waals surface area contributed by atoms with Gasteiger partial charge in [0.25, 0.3) is 0 Å². The molecule has 0 bridgehead atoms. The summed E-state index contributed by atoms with van der Waals surface area (Å²) < 4.78 is 11.2. The Morgan fingerprint density at radius 1 is 1.31 bits per heavy atom. The van der Waals surface area contributed by atoms with Crippen LogP contribution in [0, 0.1) is 0 Å². The molecule has 138 valence electrons. The van der Waals surface area contributed by atoms with Gasteiger partial charge in [-0.2, -0.15) is 0 Å². The Kier molecular flexibility index (Phi) is 6.00. The van der Waals surface area contributed by atoms with E-state index >= 15 is 0 Å². The molecule has 1 aromatic heterocycles. The fourth-order valence-corrected chi connectivity index (χ4v) is 3.04. The van der Waals surface area contributed by atoms with E-state index in [1.165, 1.54) is 5.56 Å². The molecule has 5 heteroatoms. The minimum Gasteiger partial charge on any atom is -0.493 e. The van der Waals surface area contributed by atoms with Gasteiger partial charge in [0.2, 0.25) is 0 Å². The molecule has 26 heavy (non-hydrogen) atoms. The van der Waals surface area contributed by atoms with Gasteiger partial charge in [-0.1, -0.05) is 30.4 Å². The van der Waals surface area contributed by atoms with E-state index in [9.17, 15) is 0 Å². The van der Waals surface area contributed by atoms with Crippen molar-refractivity contribution < 1.29 is 9.15 Å². The first-order valence-corrected chi connectivity index (χ1v) is 9.07. The summed E-state index contributed by atoms with van der Waals surface area (Å²) >= 11 is 0. The summed E-state index contributed by atoms with van der Waals surface area (Å²) in [5, 5.41) is 6.91. The van der Waals surface area contributed by atoms with Gasteiger partial charge in [0, 0.05) is 30.5 Å². The second-order valence-electron chi connectivity index (χ2n) is 6.77. The second-order valence-corrected chi connectivity index (χ2v) is 6.77. The number of nitrogens with one attached hydrogen (secondary N) is 2. The van der Waals surface area contributed by atoms with Gasteiger partial charge in [0.15, 0.2) is 5.96 Å². The maximum Gasteiger partial charge on any atom is 0.191 e. The summed E-state index contributed by atoms with van der Waals surface area (Å²) in [6, 6.07) is 12.3. The number of hydrogen-bond acceptors (Lipinski definition) is 3. The Balaban J connectivity index is 1.61. The minimum absolute atomic E-state index is 0.193. The Morgan fingerprint density at radius 3 is 2.92 bits per heavy atom. The van der Waals surface area contributed by atoms with Gasteiger partial charge in [-0.3, -0.25) is 0 Å². The maximum atomic E-state index is 5.82. The zero-order chi connectivity index (χ0) is 18.4. The lowest BCUT2D eigenvalue weighted by Crippen LogP contribution is -2.45. The monoisotopic (exact) mass is 353 g/mol. The molecule has 2 aromatic rings. The average Bonchev–Trinajstić information content (AvgIpc) is 3.28. The molecule has 5 nitrogen and oxygen atoms in total. The highest BCUT2D eigenvalue weighted by atomic mass is 16.5. The molecule has 0 fully saturated rings. The summed E-state index contributed by atoms with van der Waals surface area (Å²) in [5.74, 6) is 3.03. The number of benzene rings is 1. The predicted octanol–water partition coefficient (Wildman–Crippen LogP) is 3.50. The predicted molar refractivity (Wildman–Crippen MR) is 105 cm³/mol. The van der Waals surface area contributed by atoms with E-state index in [0.29, 0.717) is 19.1 Å². The standard InChI is InChI=1S/C21H27N3O2/c1-15(2)13-23-21(22-11-10-17-7-6-12-25-17)24-16(3)19-14-26-20-9-5-4-8-18(19)20/h4-9,12,16,19H,1,10-11,13-14H2,2-3H3,(H2,22,23,24). The molecule has 1 aliphatic heterocycles. The van der Waals surface area contributed by atoms with Crippen molar-refractivity contribution in [3.05, 3.63) is 66.1 Å². The summed E-state index contributed by atoms with van der Waals surface area (Å²) in [6.07, 6.45) is 2.51. The lowest BCUT2D eigenvalue weighted by molar-refractivity contribution is 0.312. The number of nitrogens with zero attached hydrogens (tertiary/aromatic N) is 1. The van der Waals surface area contributed by atoms with Gasteiger partial charge in [0.1, 0.15) is 11.5 Å². The smallest absolute Gasteiger partial charge is 0.191 e. The van der Waals surface area contributed by atoms with Crippen molar-refractivity contribution in [1.29, 1.82) is 0 Å². The van der Waals surface area contributed by atoms with Crippen LogP contribution in [-0.4, -0.2) is 31.7 Å². The fraction of sp³-hybridized carbons (Fsp3) is 0.381. The number of rotatable bonds is 7. The van der Waals surface area contributed by atoms with Crippen LogP contribution in [0.15, 0.2) is 64.2 Å². The van der Waals surface area contributed by atoms with E-state index in [4.69, 9.17) is 9.15 Å². The number of furan rings is 1. The molecule has 1 aliphatic rings. The van der Waals surface area contributed by atoms with Crippen molar-refractivity contribution in [1.82, 2.24) is 10.6 Å². The Hall–Kier alpha value is -2.69. The molecule has 0 saturated heterocycles. The first-order valence-electron chi connectivity index (χ1n) is 9.07. The van der Waals surface area contributed by atoms with Crippen molar-refractivity contribution in [2.45, 2.75) is 32.2 Å². The van der Waals surface area contributed by atoms with Crippen molar-refractivity contribution >= 4 is 5.96 Å². The van der Waals surface area contributed by atoms with Crippen LogP contribution in [0.4, 0.5) is 0 Å². The maximum absolute atomic E-state index is 5.82. The van der Waals surface area contributed by atoms with E-state index in [1.54, 1.807) is 6.26 Å². The van der Waals surface area contributed by atoms with E-state index in [2.05, 4.69) is 41.3 Å². The first-order chi connectivity index (χ1) is 12.6. The molecule has 2 unspecified atom stereocenters. The van der Waals surface area contributed by atoms with E-state index in [0.717, 1.165) is 36.0 Å². The van der Waals surface area contributed by atoms with Crippen LogP contribution in [-0.2, 0) is 6.42 Å². The normalized spacial score (nSPS) is 17.3. The molecule has 0 aliphatic carbocycles. The zero-order valence-corrected chi connectivity index (χ0v) is 15.5. The Labute approximate surface area is 155 Å². The molecular weight excluding hydrogens is 326 g/mol. The van der Waals surface area contributed by atoms with Gasteiger partial charge in [-0.05, 0) is 32.0 Å². The second kappa shape index (κ2) is 8.61. The number of fused-ring (bicyclic) bond motifs is 1. The van der Waals surface area contributed by atoms with Gasteiger partial charge >= 0.3 is 0 Å². The van der Waals surface area contributed by atoms with Gasteiger partial charge < -0.3 is 19.8 Å². The molecule has 0 radical (unpaired) electrons. The lowest BCUT2D eigenvalue weighted by Gasteiger charge is -2.23. The van der Waals surface area contributed by atoms with Crippen LogP contribution >= 0.6 is 0 Å². The molecular formula is C21H27N3O2. The topological polar surface area (TPSA) is 58.8 Å². The third-order valence-corrected chi connectivity index (χ3v) is 4.46. The SMILES string of the molecule is C=C(C)CN=C(NCCc1ccco1)NC(C)C1COc2ccccc21. The molecule has 0 saturated carbocycles. The highest BCUT2D eigenvalue weighted by Gasteiger charge is 2.29. The average molecular weight is 353 g/mol. The lowest BCUT2D eigenvalue weighted by atomic mass is 9.94. The van der Waals surface area contributed by atoms with Gasteiger partial charge in [-0.15, -0.1) is 0 Å². The van der Waals surface area contributed by atoms with Crippen LogP contribution in [0.1, 0.15) is 31.1 Å². The highest BCUT2D eigenvalue weighted by Crippen LogP contribution is 2.35. The third kappa shape index (κ3) is 4.69. The highest BCUT2D eigenvalue weighted by molar-refractivity contribution is 5.80. The van der Waals surface area contributed by atoms with E-state index in [-0.39, 0.29) is 6.04 Å². The molecule has 2 atom stereocenters. The van der Waals surface area contributed by atoms with E-state index < -0.39 is 0 Å². The number of para-hydroxylation sites is 1. The zero-order valence-electron chi connectivity index (χ0n) is 15.5. The first kappa shape index (κ1) is 18.1. The van der Waals surface area contributed by atoms with Crippen molar-refractivity contribution in [2.75, 3.05) is 19.7 Å². The third-order valence-electron chi connectivity index (χ3n) is 4.46. The summed E-state index contributed by atoms with van der Waals surface area (Å²) in [7, 11) is 0. The number of guanidine groups is 1. The largest absolute Gasteiger partial charge is 0.493 e. The molecule has 0 amide bonds. The van der Waals surface area contributed by atoms with Crippen molar-refractivity contribution in [3.63, 3.8) is 0 Å². The minimum atomic E-state index is 0.193. The summed E-state index contributed by atoms with van der Waals surface area (Å²) in [6.45, 7) is 10.1.